The molecule has 0 bridgehead atoms. The summed E-state index contributed by atoms with van der Waals surface area (Å²) >= 11 is 0.820. The zero-order valence-electron chi connectivity index (χ0n) is 11.5. The zero-order chi connectivity index (χ0) is 15.5. The van der Waals surface area contributed by atoms with E-state index in [0.717, 1.165) is 11.8 Å². The maximum Gasteiger partial charge on any atom is 0.290 e. The van der Waals surface area contributed by atoms with Crippen LogP contribution in [0.3, 0.4) is 0 Å². The highest BCUT2D eigenvalue weighted by Crippen LogP contribution is 2.39. The number of benzene rings is 2. The highest BCUT2D eigenvalue weighted by Gasteiger charge is 2.32. The van der Waals surface area contributed by atoms with Gasteiger partial charge in [0, 0.05) is 5.57 Å². The Morgan fingerprint density at radius 3 is 2.09 bits per heavy atom. The summed E-state index contributed by atoms with van der Waals surface area (Å²) < 4.78 is 0. The molecule has 1 unspecified atom stereocenters. The molecule has 0 spiro atoms. The molecule has 2 aromatic carbocycles. The number of imide groups is 1. The molecule has 0 aromatic heterocycles. The Bertz CT molecular complexity index is 741. The maximum atomic E-state index is 12.0. The van der Waals surface area contributed by atoms with Gasteiger partial charge in [-0.1, -0.05) is 60.7 Å². The summed E-state index contributed by atoms with van der Waals surface area (Å²) in [7, 11) is 0. The van der Waals surface area contributed by atoms with Gasteiger partial charge in [-0.3, -0.25) is 14.9 Å². The van der Waals surface area contributed by atoms with Crippen molar-refractivity contribution in [2.75, 3.05) is 0 Å². The lowest BCUT2D eigenvalue weighted by atomic mass is 9.94. The molecular formula is C17H13NO3S. The van der Waals surface area contributed by atoms with Crippen LogP contribution in [0.4, 0.5) is 4.79 Å². The van der Waals surface area contributed by atoms with Crippen molar-refractivity contribution in [1.82, 2.24) is 5.32 Å². The largest absolute Gasteiger partial charge is 0.384 e. The number of nitrogens with one attached hydrogen (secondary N) is 1. The lowest BCUT2D eigenvalue weighted by molar-refractivity contribution is -0.115. The zero-order valence-corrected chi connectivity index (χ0v) is 12.3. The number of carbonyl (C=O) groups is 2. The number of hydrogen-bond donors (Lipinski definition) is 2. The number of thioether (sulfide) groups is 1. The Kier molecular flexibility index (Phi) is 4.09. The van der Waals surface area contributed by atoms with Gasteiger partial charge in [0.2, 0.25) is 0 Å². The first-order chi connectivity index (χ1) is 10.7. The summed E-state index contributed by atoms with van der Waals surface area (Å²) in [5, 5.41) is 12.6. The lowest BCUT2D eigenvalue weighted by Crippen LogP contribution is -2.19. The van der Waals surface area contributed by atoms with E-state index in [4.69, 9.17) is 0 Å². The molecule has 0 radical (unpaired) electrons. The maximum absolute atomic E-state index is 12.0. The highest BCUT2D eigenvalue weighted by atomic mass is 32.2. The molecular weight excluding hydrogens is 298 g/mol. The Balaban J connectivity index is 2.14. The fraction of sp³-hybridized carbons (Fsp3) is 0.0588. The molecule has 2 aromatic rings. The summed E-state index contributed by atoms with van der Waals surface area (Å²) in [5.41, 5.74) is 1.83. The minimum Gasteiger partial charge on any atom is -0.384 e. The van der Waals surface area contributed by atoms with Gasteiger partial charge in [-0.15, -0.1) is 0 Å². The summed E-state index contributed by atoms with van der Waals surface area (Å²) in [4.78, 5) is 23.7. The molecule has 1 fully saturated rings. The number of hydrogen-bond acceptors (Lipinski definition) is 4. The van der Waals surface area contributed by atoms with Crippen LogP contribution in [-0.4, -0.2) is 16.3 Å². The quantitative estimate of drug-likeness (QED) is 0.855. The molecule has 1 heterocycles. The summed E-state index contributed by atoms with van der Waals surface area (Å²) in [6.45, 7) is 0. The van der Waals surface area contributed by atoms with Crippen molar-refractivity contribution < 1.29 is 14.7 Å². The smallest absolute Gasteiger partial charge is 0.290 e. The van der Waals surface area contributed by atoms with E-state index in [-0.39, 0.29) is 4.91 Å². The van der Waals surface area contributed by atoms with Crippen molar-refractivity contribution in [3.63, 3.8) is 0 Å². The second kappa shape index (κ2) is 6.17. The van der Waals surface area contributed by atoms with Crippen molar-refractivity contribution >= 4 is 28.5 Å². The fourth-order valence-corrected chi connectivity index (χ4v) is 3.14. The van der Waals surface area contributed by atoms with Gasteiger partial charge in [-0.25, -0.2) is 0 Å². The third-order valence-corrected chi connectivity index (χ3v) is 4.23. The molecule has 0 aliphatic carbocycles. The third kappa shape index (κ3) is 2.81. The van der Waals surface area contributed by atoms with Gasteiger partial charge < -0.3 is 5.11 Å². The van der Waals surface area contributed by atoms with Gasteiger partial charge in [0.25, 0.3) is 11.1 Å². The minimum atomic E-state index is -0.984. The topological polar surface area (TPSA) is 66.4 Å². The van der Waals surface area contributed by atoms with Crippen LogP contribution in [0.2, 0.25) is 0 Å². The van der Waals surface area contributed by atoms with Gasteiger partial charge in [-0.05, 0) is 22.9 Å². The Labute approximate surface area is 131 Å². The van der Waals surface area contributed by atoms with E-state index >= 15 is 0 Å². The van der Waals surface area contributed by atoms with Crippen molar-refractivity contribution in [2.24, 2.45) is 0 Å². The van der Waals surface area contributed by atoms with E-state index in [1.807, 2.05) is 48.5 Å². The molecule has 0 saturated carbocycles. The van der Waals surface area contributed by atoms with E-state index in [0.29, 0.717) is 16.7 Å². The van der Waals surface area contributed by atoms with Gasteiger partial charge in [0.05, 0.1) is 4.91 Å². The molecule has 1 saturated heterocycles. The lowest BCUT2D eigenvalue weighted by Gasteiger charge is -2.17. The number of rotatable bonds is 3. The van der Waals surface area contributed by atoms with Crippen molar-refractivity contribution in [3.8, 4) is 0 Å². The summed E-state index contributed by atoms with van der Waals surface area (Å²) in [5.74, 6) is -0.469. The Hall–Kier alpha value is -2.37. The summed E-state index contributed by atoms with van der Waals surface area (Å²) in [6, 6.07) is 18.2. The molecule has 1 aliphatic heterocycles. The SMILES string of the molecule is O=C1NC(=O)/C(=C(\c2ccccc2)C(O)c2ccccc2)S1. The van der Waals surface area contributed by atoms with Gasteiger partial charge in [0.1, 0.15) is 6.10 Å². The van der Waals surface area contributed by atoms with Crippen molar-refractivity contribution in [2.45, 2.75) is 6.10 Å². The van der Waals surface area contributed by atoms with Crippen LogP contribution in [0, 0.1) is 0 Å². The van der Waals surface area contributed by atoms with Gasteiger partial charge in [-0.2, -0.15) is 0 Å². The van der Waals surface area contributed by atoms with Crippen LogP contribution in [0.1, 0.15) is 17.2 Å². The van der Waals surface area contributed by atoms with Crippen LogP contribution in [0.25, 0.3) is 5.57 Å². The van der Waals surface area contributed by atoms with E-state index < -0.39 is 17.3 Å². The molecule has 1 atom stereocenters. The number of aliphatic hydroxyl groups is 1. The average molecular weight is 311 g/mol. The van der Waals surface area contributed by atoms with E-state index in [1.165, 1.54) is 0 Å². The van der Waals surface area contributed by atoms with Crippen LogP contribution in [0.5, 0.6) is 0 Å². The predicted molar refractivity (Wildman–Crippen MR) is 85.9 cm³/mol. The second-order valence-electron chi connectivity index (χ2n) is 4.77. The van der Waals surface area contributed by atoms with Crippen LogP contribution in [-0.2, 0) is 4.79 Å². The highest BCUT2D eigenvalue weighted by molar-refractivity contribution is 8.18. The van der Waals surface area contributed by atoms with Crippen LogP contribution < -0.4 is 5.32 Å². The van der Waals surface area contributed by atoms with Gasteiger partial charge >= 0.3 is 0 Å². The monoisotopic (exact) mass is 311 g/mol. The Morgan fingerprint density at radius 1 is 0.955 bits per heavy atom. The van der Waals surface area contributed by atoms with Crippen LogP contribution >= 0.6 is 11.8 Å². The summed E-state index contributed by atoms with van der Waals surface area (Å²) in [6.07, 6.45) is -0.984. The predicted octanol–water partition coefficient (Wildman–Crippen LogP) is 3.11. The normalized spacial score (nSPS) is 18.0. The molecule has 22 heavy (non-hydrogen) atoms. The van der Waals surface area contributed by atoms with E-state index in [1.54, 1.807) is 12.1 Å². The average Bonchev–Trinajstić information content (AvgIpc) is 2.88. The first-order valence-electron chi connectivity index (χ1n) is 6.72. The van der Waals surface area contributed by atoms with Crippen molar-refractivity contribution in [1.29, 1.82) is 0 Å². The molecule has 5 heteroatoms. The molecule has 3 rings (SSSR count). The van der Waals surface area contributed by atoms with E-state index in [2.05, 4.69) is 5.32 Å². The van der Waals surface area contributed by atoms with Crippen molar-refractivity contribution in [3.05, 3.63) is 76.7 Å². The third-order valence-electron chi connectivity index (χ3n) is 3.33. The number of aliphatic hydroxyl groups excluding tert-OH is 1. The molecule has 2 amide bonds. The molecule has 4 nitrogen and oxygen atoms in total. The Morgan fingerprint density at radius 2 is 1.55 bits per heavy atom. The first kappa shape index (κ1) is 14.6. The second-order valence-corrected chi connectivity index (χ2v) is 5.75. The van der Waals surface area contributed by atoms with Crippen LogP contribution in [0.15, 0.2) is 65.6 Å². The fourth-order valence-electron chi connectivity index (χ4n) is 2.32. The molecule has 2 N–H and O–H groups in total. The standard InChI is InChI=1S/C17H13NO3S/c19-14(12-9-5-2-6-10-12)13(11-7-3-1-4-8-11)15-16(20)18-17(21)22-15/h1-10,14,19H,(H,18,20,21)/b15-13-. The number of carbonyl (C=O) groups excluding carboxylic acids is 2. The number of amides is 2. The molecule has 110 valence electrons. The molecule has 1 aliphatic rings. The van der Waals surface area contributed by atoms with E-state index in [9.17, 15) is 14.7 Å². The van der Waals surface area contributed by atoms with Gasteiger partial charge in [0.15, 0.2) is 0 Å². The minimum absolute atomic E-state index is 0.243. The first-order valence-corrected chi connectivity index (χ1v) is 7.54.